The predicted octanol–water partition coefficient (Wildman–Crippen LogP) is 4.75. The largest absolute Gasteiger partial charge is 0.484 e. The average Bonchev–Trinajstić information content (AvgIpc) is 3.01. The number of ether oxygens (including phenoxy) is 1. The van der Waals surface area contributed by atoms with Crippen LogP contribution in [0.4, 0.5) is 5.13 Å². The van der Waals surface area contributed by atoms with E-state index in [4.69, 9.17) is 4.74 Å². The molecule has 0 fully saturated rings. The lowest BCUT2D eigenvalue weighted by Gasteiger charge is -2.07. The molecule has 0 aliphatic heterocycles. The monoisotopic (exact) mass is 352 g/mol. The fourth-order valence-corrected chi connectivity index (χ4v) is 3.24. The third kappa shape index (κ3) is 4.67. The summed E-state index contributed by atoms with van der Waals surface area (Å²) in [6, 6.07) is 14.0. The standard InChI is InChI=1S/C20H20N2O2S/c1-13-4-6-16(7-5-13)18-12-25-20(21-18)22-19(23)11-24-17-9-14(2)8-15(3)10-17/h4-10,12H,11H2,1-3H3,(H,21,22,23). The van der Waals surface area contributed by atoms with Crippen LogP contribution in [-0.4, -0.2) is 17.5 Å². The Kier molecular flexibility index (Phi) is 5.14. The second-order valence-corrected chi connectivity index (χ2v) is 6.92. The quantitative estimate of drug-likeness (QED) is 0.721. The SMILES string of the molecule is Cc1ccc(-c2csc(NC(=O)COc3cc(C)cc(C)c3)n2)cc1. The van der Waals surface area contributed by atoms with Crippen molar-refractivity contribution in [1.29, 1.82) is 0 Å². The number of carbonyl (C=O) groups is 1. The zero-order valence-electron chi connectivity index (χ0n) is 14.5. The number of amides is 1. The Morgan fingerprint density at radius 2 is 1.72 bits per heavy atom. The number of anilines is 1. The number of thiazole rings is 1. The molecule has 1 aromatic heterocycles. The van der Waals surface area contributed by atoms with Gasteiger partial charge in [-0.15, -0.1) is 11.3 Å². The van der Waals surface area contributed by atoms with Gasteiger partial charge >= 0.3 is 0 Å². The van der Waals surface area contributed by atoms with Crippen molar-refractivity contribution in [3.63, 3.8) is 0 Å². The van der Waals surface area contributed by atoms with Crippen LogP contribution < -0.4 is 10.1 Å². The number of rotatable bonds is 5. The maximum atomic E-state index is 12.1. The first-order valence-corrected chi connectivity index (χ1v) is 8.91. The van der Waals surface area contributed by atoms with E-state index in [1.807, 2.05) is 62.5 Å². The van der Waals surface area contributed by atoms with Crippen LogP contribution in [0.25, 0.3) is 11.3 Å². The van der Waals surface area contributed by atoms with Crippen molar-refractivity contribution < 1.29 is 9.53 Å². The summed E-state index contributed by atoms with van der Waals surface area (Å²) in [4.78, 5) is 16.5. The van der Waals surface area contributed by atoms with Crippen molar-refractivity contribution in [2.45, 2.75) is 20.8 Å². The van der Waals surface area contributed by atoms with Gasteiger partial charge in [-0.2, -0.15) is 0 Å². The Hall–Kier alpha value is -2.66. The lowest BCUT2D eigenvalue weighted by molar-refractivity contribution is -0.118. The van der Waals surface area contributed by atoms with Gasteiger partial charge in [0.2, 0.25) is 0 Å². The summed E-state index contributed by atoms with van der Waals surface area (Å²) in [7, 11) is 0. The lowest BCUT2D eigenvalue weighted by atomic mass is 10.1. The van der Waals surface area contributed by atoms with Crippen LogP contribution in [0.5, 0.6) is 5.75 Å². The maximum absolute atomic E-state index is 12.1. The van der Waals surface area contributed by atoms with E-state index in [0.717, 1.165) is 22.4 Å². The summed E-state index contributed by atoms with van der Waals surface area (Å²) in [6.07, 6.45) is 0. The first-order chi connectivity index (χ1) is 12.0. The lowest BCUT2D eigenvalue weighted by Crippen LogP contribution is -2.20. The minimum atomic E-state index is -0.219. The van der Waals surface area contributed by atoms with Crippen molar-refractivity contribution in [2.75, 3.05) is 11.9 Å². The normalized spacial score (nSPS) is 10.5. The number of aryl methyl sites for hydroxylation is 3. The highest BCUT2D eigenvalue weighted by Crippen LogP contribution is 2.25. The van der Waals surface area contributed by atoms with Gasteiger partial charge in [-0.3, -0.25) is 10.1 Å². The number of aromatic nitrogens is 1. The van der Waals surface area contributed by atoms with Crippen LogP contribution >= 0.6 is 11.3 Å². The van der Waals surface area contributed by atoms with Gasteiger partial charge < -0.3 is 4.74 Å². The molecule has 1 N–H and O–H groups in total. The highest BCUT2D eigenvalue weighted by Gasteiger charge is 2.09. The molecule has 0 unspecified atom stereocenters. The van der Waals surface area contributed by atoms with Crippen LogP contribution in [0.15, 0.2) is 47.8 Å². The summed E-state index contributed by atoms with van der Waals surface area (Å²) in [5.41, 5.74) is 5.32. The Balaban J connectivity index is 1.59. The van der Waals surface area contributed by atoms with Gasteiger partial charge in [0.1, 0.15) is 5.75 Å². The van der Waals surface area contributed by atoms with E-state index >= 15 is 0 Å². The van der Waals surface area contributed by atoms with Gasteiger partial charge in [0.05, 0.1) is 5.69 Å². The molecular weight excluding hydrogens is 332 g/mol. The highest BCUT2D eigenvalue weighted by molar-refractivity contribution is 7.14. The molecule has 25 heavy (non-hydrogen) atoms. The highest BCUT2D eigenvalue weighted by atomic mass is 32.1. The Bertz CT molecular complexity index is 865. The molecule has 1 heterocycles. The molecule has 0 atom stereocenters. The van der Waals surface area contributed by atoms with Crippen LogP contribution in [-0.2, 0) is 4.79 Å². The molecule has 0 saturated carbocycles. The van der Waals surface area contributed by atoms with Crippen LogP contribution in [0.2, 0.25) is 0 Å². The van der Waals surface area contributed by atoms with E-state index in [0.29, 0.717) is 10.9 Å². The minimum Gasteiger partial charge on any atom is -0.484 e. The molecule has 3 rings (SSSR count). The van der Waals surface area contributed by atoms with Gasteiger partial charge in [-0.05, 0) is 44.0 Å². The van der Waals surface area contributed by atoms with Crippen LogP contribution in [0.1, 0.15) is 16.7 Å². The zero-order chi connectivity index (χ0) is 17.8. The first-order valence-electron chi connectivity index (χ1n) is 8.03. The Morgan fingerprint density at radius 1 is 1.04 bits per heavy atom. The molecule has 2 aromatic carbocycles. The molecule has 0 spiro atoms. The third-order valence-corrected chi connectivity index (χ3v) is 4.42. The summed E-state index contributed by atoms with van der Waals surface area (Å²) in [5.74, 6) is 0.482. The molecule has 1 amide bonds. The molecule has 5 heteroatoms. The van der Waals surface area contributed by atoms with Crippen LogP contribution in [0.3, 0.4) is 0 Å². The second-order valence-electron chi connectivity index (χ2n) is 6.06. The number of hydrogen-bond donors (Lipinski definition) is 1. The van der Waals surface area contributed by atoms with Gasteiger partial charge in [0.25, 0.3) is 5.91 Å². The zero-order valence-corrected chi connectivity index (χ0v) is 15.3. The van der Waals surface area contributed by atoms with E-state index in [-0.39, 0.29) is 12.5 Å². The molecule has 0 aliphatic rings. The molecular formula is C20H20N2O2S. The number of nitrogens with one attached hydrogen (secondary N) is 1. The van der Waals surface area contributed by atoms with Crippen molar-refractivity contribution >= 4 is 22.4 Å². The molecule has 0 bridgehead atoms. The summed E-state index contributed by atoms with van der Waals surface area (Å²) in [5, 5.41) is 5.30. The van der Waals surface area contributed by atoms with E-state index in [1.165, 1.54) is 16.9 Å². The summed E-state index contributed by atoms with van der Waals surface area (Å²) < 4.78 is 5.57. The Morgan fingerprint density at radius 3 is 2.40 bits per heavy atom. The molecule has 4 nitrogen and oxygen atoms in total. The summed E-state index contributed by atoms with van der Waals surface area (Å²) >= 11 is 1.40. The van der Waals surface area contributed by atoms with Gasteiger partial charge in [0, 0.05) is 10.9 Å². The molecule has 128 valence electrons. The summed E-state index contributed by atoms with van der Waals surface area (Å²) in [6.45, 7) is 6.01. The molecule has 0 aliphatic carbocycles. The van der Waals surface area contributed by atoms with Crippen molar-refractivity contribution in [2.24, 2.45) is 0 Å². The fraction of sp³-hybridized carbons (Fsp3) is 0.200. The van der Waals surface area contributed by atoms with Crippen molar-refractivity contribution in [1.82, 2.24) is 4.98 Å². The van der Waals surface area contributed by atoms with Crippen LogP contribution in [0, 0.1) is 20.8 Å². The topological polar surface area (TPSA) is 51.2 Å². The molecule has 3 aromatic rings. The van der Waals surface area contributed by atoms with E-state index in [9.17, 15) is 4.79 Å². The number of nitrogens with zero attached hydrogens (tertiary/aromatic N) is 1. The molecule has 0 saturated heterocycles. The smallest absolute Gasteiger partial charge is 0.264 e. The number of hydrogen-bond acceptors (Lipinski definition) is 4. The second kappa shape index (κ2) is 7.49. The van der Waals surface area contributed by atoms with E-state index in [1.54, 1.807) is 0 Å². The maximum Gasteiger partial charge on any atom is 0.264 e. The molecule has 0 radical (unpaired) electrons. The van der Waals surface area contributed by atoms with Gasteiger partial charge in [0.15, 0.2) is 11.7 Å². The minimum absolute atomic E-state index is 0.0393. The first kappa shape index (κ1) is 17.2. The average molecular weight is 352 g/mol. The predicted molar refractivity (Wildman–Crippen MR) is 102 cm³/mol. The van der Waals surface area contributed by atoms with Gasteiger partial charge in [-0.25, -0.2) is 4.98 Å². The van der Waals surface area contributed by atoms with Crippen molar-refractivity contribution in [3.05, 3.63) is 64.5 Å². The van der Waals surface area contributed by atoms with Crippen molar-refractivity contribution in [3.8, 4) is 17.0 Å². The third-order valence-electron chi connectivity index (χ3n) is 3.66. The number of benzene rings is 2. The fourth-order valence-electron chi connectivity index (χ4n) is 2.51. The number of carbonyl (C=O) groups excluding carboxylic acids is 1. The Labute approximate surface area is 151 Å². The van der Waals surface area contributed by atoms with Gasteiger partial charge in [-0.1, -0.05) is 35.9 Å². The van der Waals surface area contributed by atoms with E-state index < -0.39 is 0 Å². The van der Waals surface area contributed by atoms with E-state index in [2.05, 4.69) is 16.4 Å².